The van der Waals surface area contributed by atoms with E-state index in [9.17, 15) is 9.59 Å². The van der Waals surface area contributed by atoms with E-state index in [0.29, 0.717) is 12.1 Å². The Balaban J connectivity index is 0.00000149. The van der Waals surface area contributed by atoms with Gasteiger partial charge in [-0.3, -0.25) is 4.79 Å². The predicted molar refractivity (Wildman–Crippen MR) is 130 cm³/mol. The molecule has 0 atom stereocenters. The zero-order valence-electron chi connectivity index (χ0n) is 18.6. The molecule has 1 amide bonds. The molecular formula is C26H26ClN3O3. The number of aromatic carboxylic acids is 1. The molecule has 33 heavy (non-hydrogen) atoms. The van der Waals surface area contributed by atoms with Gasteiger partial charge in [0.25, 0.3) is 5.91 Å². The fourth-order valence-electron chi connectivity index (χ4n) is 3.34. The summed E-state index contributed by atoms with van der Waals surface area (Å²) in [6, 6.07) is 17.8. The number of rotatable bonds is 7. The fraction of sp³-hybridized carbons (Fsp3) is 0.192. The van der Waals surface area contributed by atoms with Crippen LogP contribution in [0.2, 0.25) is 5.02 Å². The highest BCUT2D eigenvalue weighted by Gasteiger charge is 2.10. The first-order valence-corrected chi connectivity index (χ1v) is 11.2. The molecule has 0 aliphatic rings. The molecule has 0 spiro atoms. The van der Waals surface area contributed by atoms with E-state index < -0.39 is 5.97 Å². The first-order chi connectivity index (χ1) is 16.0. The molecule has 7 heteroatoms. The van der Waals surface area contributed by atoms with Crippen LogP contribution in [0.15, 0.2) is 73.1 Å². The molecule has 6 nitrogen and oxygen atoms in total. The van der Waals surface area contributed by atoms with E-state index in [4.69, 9.17) is 16.7 Å². The van der Waals surface area contributed by atoms with Crippen LogP contribution in [-0.2, 0) is 19.4 Å². The number of nitrogens with zero attached hydrogens (tertiary/aromatic N) is 2. The van der Waals surface area contributed by atoms with Crippen LogP contribution in [0.3, 0.4) is 0 Å². The van der Waals surface area contributed by atoms with Crippen LogP contribution < -0.4 is 5.32 Å². The van der Waals surface area contributed by atoms with Gasteiger partial charge >= 0.3 is 5.97 Å². The summed E-state index contributed by atoms with van der Waals surface area (Å²) in [7, 11) is 0. The number of aryl methyl sites for hydroxylation is 2. The number of imidazole rings is 1. The zero-order chi connectivity index (χ0) is 23.8. The van der Waals surface area contributed by atoms with Gasteiger partial charge in [0.1, 0.15) is 5.82 Å². The van der Waals surface area contributed by atoms with E-state index >= 15 is 0 Å². The molecule has 0 saturated carbocycles. The second-order valence-corrected chi connectivity index (χ2v) is 7.63. The third-order valence-corrected chi connectivity index (χ3v) is 5.33. The van der Waals surface area contributed by atoms with Gasteiger partial charge in [0, 0.05) is 29.7 Å². The average Bonchev–Trinajstić information content (AvgIpc) is 3.26. The Morgan fingerprint density at radius 1 is 0.939 bits per heavy atom. The number of hydrogen-bond donors (Lipinski definition) is 2. The lowest BCUT2D eigenvalue weighted by Gasteiger charge is -2.07. The van der Waals surface area contributed by atoms with E-state index in [1.54, 1.807) is 24.4 Å². The van der Waals surface area contributed by atoms with E-state index in [1.807, 2.05) is 54.8 Å². The Labute approximate surface area is 197 Å². The van der Waals surface area contributed by atoms with E-state index in [1.165, 1.54) is 17.7 Å². The Morgan fingerprint density at radius 2 is 1.61 bits per heavy atom. The van der Waals surface area contributed by atoms with Crippen molar-refractivity contribution in [1.82, 2.24) is 14.7 Å². The Hall–Kier alpha value is -3.64. The maximum atomic E-state index is 12.5. The number of carbonyl (C=O) groups is 2. The summed E-state index contributed by atoms with van der Waals surface area (Å²) in [5.74, 6) is -0.249. The summed E-state index contributed by atoms with van der Waals surface area (Å²) in [6.45, 7) is 4.31. The Morgan fingerprint density at radius 3 is 2.27 bits per heavy atom. The van der Waals surface area contributed by atoms with Crippen LogP contribution >= 0.6 is 11.6 Å². The molecule has 2 N–H and O–H groups in total. The van der Waals surface area contributed by atoms with Crippen molar-refractivity contribution in [3.05, 3.63) is 106 Å². The number of halogens is 1. The summed E-state index contributed by atoms with van der Waals surface area (Å²) < 4.78 is 1.98. The van der Waals surface area contributed by atoms with Crippen molar-refractivity contribution in [3.63, 3.8) is 0 Å². The number of hydrogen-bond acceptors (Lipinski definition) is 3. The van der Waals surface area contributed by atoms with Crippen molar-refractivity contribution < 1.29 is 14.7 Å². The maximum absolute atomic E-state index is 12.5. The summed E-state index contributed by atoms with van der Waals surface area (Å²) in [6.07, 6.45) is 5.24. The highest BCUT2D eigenvalue weighted by Crippen LogP contribution is 2.15. The predicted octanol–water partition coefficient (Wildman–Crippen LogP) is 5.43. The molecule has 2 aromatic carbocycles. The summed E-state index contributed by atoms with van der Waals surface area (Å²) in [5, 5.41) is 12.5. The molecule has 0 radical (unpaired) electrons. The SMILES string of the molecule is CC.O=C(O)c1ccc(CNC(=O)c2ccn3c(CCc4ccc(Cl)cc4)ncc3c2)cc1. The molecule has 0 bridgehead atoms. The van der Waals surface area contributed by atoms with Crippen molar-refractivity contribution >= 4 is 29.0 Å². The average molecular weight is 464 g/mol. The van der Waals surface area contributed by atoms with Crippen molar-refractivity contribution in [2.24, 2.45) is 0 Å². The lowest BCUT2D eigenvalue weighted by molar-refractivity contribution is 0.0696. The molecule has 4 rings (SSSR count). The topological polar surface area (TPSA) is 83.7 Å². The lowest BCUT2D eigenvalue weighted by atomic mass is 10.1. The largest absolute Gasteiger partial charge is 0.478 e. The maximum Gasteiger partial charge on any atom is 0.335 e. The first-order valence-electron chi connectivity index (χ1n) is 10.8. The van der Waals surface area contributed by atoms with Crippen LogP contribution in [0.1, 0.15) is 51.5 Å². The fourth-order valence-corrected chi connectivity index (χ4v) is 3.46. The smallest absolute Gasteiger partial charge is 0.335 e. The van der Waals surface area contributed by atoms with Gasteiger partial charge in [-0.25, -0.2) is 9.78 Å². The number of pyridine rings is 1. The number of carboxylic acids is 1. The second-order valence-electron chi connectivity index (χ2n) is 7.20. The number of aromatic nitrogens is 2. The third-order valence-electron chi connectivity index (χ3n) is 5.08. The van der Waals surface area contributed by atoms with Crippen molar-refractivity contribution in [2.45, 2.75) is 33.2 Å². The number of benzene rings is 2. The minimum atomic E-state index is -0.975. The van der Waals surface area contributed by atoms with E-state index in [0.717, 1.165) is 34.8 Å². The van der Waals surface area contributed by atoms with E-state index in [2.05, 4.69) is 10.3 Å². The quantitative estimate of drug-likeness (QED) is 0.383. The zero-order valence-corrected chi connectivity index (χ0v) is 19.3. The van der Waals surface area contributed by atoms with Crippen LogP contribution in [0.4, 0.5) is 0 Å². The monoisotopic (exact) mass is 463 g/mol. The molecule has 0 unspecified atom stereocenters. The number of carbonyl (C=O) groups excluding carboxylic acids is 1. The van der Waals surface area contributed by atoms with Crippen LogP contribution in [0.25, 0.3) is 5.52 Å². The molecule has 0 aliphatic heterocycles. The van der Waals surface area contributed by atoms with Crippen LogP contribution in [-0.4, -0.2) is 26.4 Å². The molecule has 2 aromatic heterocycles. The van der Waals surface area contributed by atoms with Crippen LogP contribution in [0.5, 0.6) is 0 Å². The summed E-state index contributed by atoms with van der Waals surface area (Å²) in [5.41, 5.74) is 3.62. The van der Waals surface area contributed by atoms with Crippen molar-refractivity contribution in [1.29, 1.82) is 0 Å². The molecule has 2 heterocycles. The van der Waals surface area contributed by atoms with Gasteiger partial charge in [0.05, 0.1) is 17.3 Å². The van der Waals surface area contributed by atoms with Gasteiger partial charge in [-0.1, -0.05) is 49.7 Å². The van der Waals surface area contributed by atoms with Crippen molar-refractivity contribution in [2.75, 3.05) is 0 Å². The highest BCUT2D eigenvalue weighted by atomic mass is 35.5. The van der Waals surface area contributed by atoms with Gasteiger partial charge in [0.2, 0.25) is 0 Å². The summed E-state index contributed by atoms with van der Waals surface area (Å²) in [4.78, 5) is 28.0. The second kappa shape index (κ2) is 11.3. The van der Waals surface area contributed by atoms with Crippen molar-refractivity contribution in [3.8, 4) is 0 Å². The molecule has 0 saturated heterocycles. The van der Waals surface area contributed by atoms with Crippen LogP contribution in [0, 0.1) is 0 Å². The standard InChI is InChI=1S/C24H20ClN3O3.C2H6/c25-20-8-3-16(4-9-20)5-10-22-26-15-21-13-19(11-12-28(21)22)23(29)27-14-17-1-6-18(7-2-17)24(30)31;1-2/h1-4,6-9,11-13,15H,5,10,14H2,(H,27,29)(H,30,31);1-2H3. The minimum absolute atomic E-state index is 0.200. The molecule has 4 aromatic rings. The molecule has 0 fully saturated rings. The number of nitrogens with one attached hydrogen (secondary N) is 1. The number of fused-ring (bicyclic) bond motifs is 1. The first kappa shape index (κ1) is 24.0. The lowest BCUT2D eigenvalue weighted by Crippen LogP contribution is -2.22. The third kappa shape index (κ3) is 6.20. The van der Waals surface area contributed by atoms with E-state index in [-0.39, 0.29) is 11.5 Å². The van der Waals surface area contributed by atoms with Gasteiger partial charge in [-0.2, -0.15) is 0 Å². The Kier molecular flexibility index (Phi) is 8.22. The Bertz CT molecular complexity index is 1230. The molecule has 170 valence electrons. The summed E-state index contributed by atoms with van der Waals surface area (Å²) >= 11 is 5.93. The highest BCUT2D eigenvalue weighted by molar-refractivity contribution is 6.30. The van der Waals surface area contributed by atoms with Gasteiger partial charge in [-0.05, 0) is 53.9 Å². The number of carboxylic acid groups (broad SMARTS) is 1. The van der Waals surface area contributed by atoms with Gasteiger partial charge in [-0.15, -0.1) is 0 Å². The molecular weight excluding hydrogens is 438 g/mol. The normalized spacial score (nSPS) is 10.4. The number of amides is 1. The minimum Gasteiger partial charge on any atom is -0.478 e. The molecule has 0 aliphatic carbocycles. The van der Waals surface area contributed by atoms with Gasteiger partial charge < -0.3 is 14.8 Å². The van der Waals surface area contributed by atoms with Gasteiger partial charge in [0.15, 0.2) is 0 Å².